The molecule has 0 atom stereocenters. The van der Waals surface area contributed by atoms with E-state index in [4.69, 9.17) is 0 Å². The minimum absolute atomic E-state index is 0.307. The summed E-state index contributed by atoms with van der Waals surface area (Å²) >= 11 is 0. The van der Waals surface area contributed by atoms with Crippen molar-refractivity contribution in [1.82, 2.24) is 0 Å². The molecule has 0 spiro atoms. The zero-order valence-corrected chi connectivity index (χ0v) is 8.87. The zero-order chi connectivity index (χ0) is 10.3. The highest BCUT2D eigenvalue weighted by atomic mass is 16.5. The van der Waals surface area contributed by atoms with E-state index in [-0.39, 0.29) is 5.54 Å². The van der Waals surface area contributed by atoms with Crippen molar-refractivity contribution in [3.05, 3.63) is 40.6 Å². The van der Waals surface area contributed by atoms with Crippen LogP contribution in [0.15, 0.2) is 24.3 Å². The lowest BCUT2D eigenvalue weighted by atomic mass is 9.87. The van der Waals surface area contributed by atoms with Gasteiger partial charge < -0.3 is 5.21 Å². The third-order valence-electron chi connectivity index (χ3n) is 2.88. The Balaban J connectivity index is 2.64. The first-order valence-electron chi connectivity index (χ1n) is 4.91. The summed E-state index contributed by atoms with van der Waals surface area (Å²) < 4.78 is 1.13. The number of rotatable bonds is 0. The average molecular weight is 189 g/mol. The minimum Gasteiger partial charge on any atom is -0.623 e. The van der Waals surface area contributed by atoms with Gasteiger partial charge in [-0.1, -0.05) is 18.2 Å². The van der Waals surface area contributed by atoms with Crippen LogP contribution < -0.4 is 0 Å². The van der Waals surface area contributed by atoms with Crippen molar-refractivity contribution in [2.24, 2.45) is 0 Å². The second kappa shape index (κ2) is 2.84. The number of fused-ring (bicyclic) bond motifs is 1. The second-order valence-corrected chi connectivity index (χ2v) is 4.53. The van der Waals surface area contributed by atoms with Gasteiger partial charge in [-0.2, -0.15) is 0 Å². The van der Waals surface area contributed by atoms with E-state index in [1.54, 1.807) is 0 Å². The lowest BCUT2D eigenvalue weighted by Crippen LogP contribution is -2.42. The summed E-state index contributed by atoms with van der Waals surface area (Å²) in [7, 11) is 0. The van der Waals surface area contributed by atoms with Gasteiger partial charge in [0.25, 0.3) is 0 Å². The quantitative estimate of drug-likeness (QED) is 0.454. The average Bonchev–Trinajstić information content (AvgIpc) is 2.14. The van der Waals surface area contributed by atoms with Crippen molar-refractivity contribution < 1.29 is 4.74 Å². The van der Waals surface area contributed by atoms with E-state index in [0.717, 1.165) is 22.4 Å². The van der Waals surface area contributed by atoms with Crippen LogP contribution in [0, 0.1) is 5.21 Å². The molecule has 0 aromatic heterocycles. The molecule has 74 valence electrons. The summed E-state index contributed by atoms with van der Waals surface area (Å²) in [5.74, 6) is 0. The zero-order valence-electron chi connectivity index (χ0n) is 8.87. The molecule has 0 bridgehead atoms. The Morgan fingerprint density at radius 3 is 2.64 bits per heavy atom. The molecular formula is C12H15NO. The van der Waals surface area contributed by atoms with Crippen LogP contribution >= 0.6 is 0 Å². The predicted octanol–water partition coefficient (Wildman–Crippen LogP) is 2.34. The first-order valence-corrected chi connectivity index (χ1v) is 4.91. The van der Waals surface area contributed by atoms with Crippen molar-refractivity contribution in [1.29, 1.82) is 0 Å². The maximum atomic E-state index is 11.9. The second-order valence-electron chi connectivity index (χ2n) is 4.53. The Kier molecular flexibility index (Phi) is 1.88. The van der Waals surface area contributed by atoms with Gasteiger partial charge in [0.15, 0.2) is 11.3 Å². The fraction of sp³-hybridized carbons (Fsp3) is 0.417. The smallest absolute Gasteiger partial charge is 0.191 e. The van der Waals surface area contributed by atoms with Crippen molar-refractivity contribution in [3.8, 4) is 0 Å². The molecule has 14 heavy (non-hydrogen) atoms. The van der Waals surface area contributed by atoms with E-state index in [1.807, 2.05) is 39.0 Å². The molecule has 0 radical (unpaired) electrons. The van der Waals surface area contributed by atoms with E-state index in [2.05, 4.69) is 6.07 Å². The van der Waals surface area contributed by atoms with Gasteiger partial charge in [0.05, 0.1) is 0 Å². The number of hydrogen-bond acceptors (Lipinski definition) is 1. The molecule has 0 N–H and O–H groups in total. The van der Waals surface area contributed by atoms with Crippen LogP contribution in [0.2, 0.25) is 0 Å². The van der Waals surface area contributed by atoms with Crippen LogP contribution in [0.25, 0.3) is 0 Å². The Hall–Kier alpha value is -1.31. The molecule has 0 saturated heterocycles. The molecule has 2 heteroatoms. The molecule has 0 saturated carbocycles. The van der Waals surface area contributed by atoms with Crippen molar-refractivity contribution in [2.75, 3.05) is 0 Å². The molecule has 1 heterocycles. The van der Waals surface area contributed by atoms with Crippen LogP contribution in [0.3, 0.4) is 0 Å². The van der Waals surface area contributed by atoms with E-state index in [0.29, 0.717) is 0 Å². The minimum atomic E-state index is -0.307. The lowest BCUT2D eigenvalue weighted by molar-refractivity contribution is -0.542. The molecule has 0 unspecified atom stereocenters. The van der Waals surface area contributed by atoms with Crippen molar-refractivity contribution >= 4 is 5.71 Å². The van der Waals surface area contributed by atoms with Gasteiger partial charge in [-0.3, -0.25) is 0 Å². The van der Waals surface area contributed by atoms with Gasteiger partial charge in [0.2, 0.25) is 0 Å². The van der Waals surface area contributed by atoms with Gasteiger partial charge in [-0.15, -0.1) is 0 Å². The maximum Gasteiger partial charge on any atom is 0.191 e. The van der Waals surface area contributed by atoms with E-state index in [1.165, 1.54) is 5.56 Å². The van der Waals surface area contributed by atoms with E-state index < -0.39 is 0 Å². The maximum absolute atomic E-state index is 11.9. The van der Waals surface area contributed by atoms with Crippen LogP contribution in [0.1, 0.15) is 31.9 Å². The highest BCUT2D eigenvalue weighted by molar-refractivity contribution is 5.97. The molecule has 0 amide bonds. The highest BCUT2D eigenvalue weighted by Crippen LogP contribution is 2.25. The SMILES string of the molecule is CC1=[N+]([O-])C(C)(C)Cc2ccccc21. The van der Waals surface area contributed by atoms with Gasteiger partial charge in [-0.25, -0.2) is 4.74 Å². The number of hydrogen-bond donors (Lipinski definition) is 0. The Bertz CT molecular complexity index is 405. The van der Waals surface area contributed by atoms with Crippen LogP contribution in [0.4, 0.5) is 0 Å². The number of hydroxylamine groups is 1. The molecule has 1 aromatic carbocycles. The molecule has 1 aliphatic heterocycles. The van der Waals surface area contributed by atoms with Gasteiger partial charge in [0, 0.05) is 32.8 Å². The Morgan fingerprint density at radius 1 is 1.29 bits per heavy atom. The topological polar surface area (TPSA) is 26.1 Å². The van der Waals surface area contributed by atoms with Gasteiger partial charge in [-0.05, 0) is 11.6 Å². The Labute approximate surface area is 84.5 Å². The van der Waals surface area contributed by atoms with Gasteiger partial charge >= 0.3 is 0 Å². The molecule has 1 aliphatic rings. The normalized spacial score (nSPS) is 19.4. The van der Waals surface area contributed by atoms with Crippen LogP contribution in [0.5, 0.6) is 0 Å². The predicted molar refractivity (Wildman–Crippen MR) is 57.6 cm³/mol. The summed E-state index contributed by atoms with van der Waals surface area (Å²) in [6.45, 7) is 5.87. The number of nitrogens with zero attached hydrogens (tertiary/aromatic N) is 1. The van der Waals surface area contributed by atoms with E-state index in [9.17, 15) is 5.21 Å². The third kappa shape index (κ3) is 1.22. The first kappa shape index (κ1) is 9.25. The molecule has 2 rings (SSSR count). The molecule has 0 fully saturated rings. The molecule has 1 aromatic rings. The molecule has 0 aliphatic carbocycles. The van der Waals surface area contributed by atoms with E-state index >= 15 is 0 Å². The summed E-state index contributed by atoms with van der Waals surface area (Å²) in [6.07, 6.45) is 0.823. The molecule has 2 nitrogen and oxygen atoms in total. The molecular weight excluding hydrogens is 174 g/mol. The van der Waals surface area contributed by atoms with Crippen molar-refractivity contribution in [2.45, 2.75) is 32.7 Å². The number of benzene rings is 1. The third-order valence-corrected chi connectivity index (χ3v) is 2.88. The lowest BCUT2D eigenvalue weighted by Gasteiger charge is -2.30. The van der Waals surface area contributed by atoms with Crippen molar-refractivity contribution in [3.63, 3.8) is 0 Å². The standard InChI is InChI=1S/C12H15NO/c1-9-11-7-5-4-6-10(11)8-12(2,3)13(9)14/h4-7H,8H2,1-3H3. The summed E-state index contributed by atoms with van der Waals surface area (Å²) in [4.78, 5) is 0. The first-order chi connectivity index (χ1) is 6.52. The van der Waals surface area contributed by atoms with Crippen LogP contribution in [-0.4, -0.2) is 16.0 Å². The monoisotopic (exact) mass is 189 g/mol. The highest BCUT2D eigenvalue weighted by Gasteiger charge is 2.34. The summed E-state index contributed by atoms with van der Waals surface area (Å²) in [5.41, 5.74) is 2.90. The fourth-order valence-corrected chi connectivity index (χ4v) is 2.13. The van der Waals surface area contributed by atoms with Gasteiger partial charge in [0.1, 0.15) is 0 Å². The Morgan fingerprint density at radius 2 is 1.93 bits per heavy atom. The largest absolute Gasteiger partial charge is 0.623 e. The fourth-order valence-electron chi connectivity index (χ4n) is 2.13. The van der Waals surface area contributed by atoms with Crippen LogP contribution in [-0.2, 0) is 6.42 Å². The summed E-state index contributed by atoms with van der Waals surface area (Å²) in [6, 6.07) is 8.13. The summed E-state index contributed by atoms with van der Waals surface area (Å²) in [5, 5.41) is 11.9.